The molecule has 0 bridgehead atoms. The minimum atomic E-state index is -4.45. The molecule has 126 valence electrons. The minimum Gasteiger partial charge on any atom is -0.465 e. The number of nitrogens with zero attached hydrogens (tertiary/aromatic N) is 1. The molecule has 0 unspecified atom stereocenters. The molecule has 0 aliphatic carbocycles. The number of carbonyl (C=O) groups is 2. The number of piperidine rings is 1. The predicted molar refractivity (Wildman–Crippen MR) is 77.0 cm³/mol. The molecule has 1 aromatic rings. The summed E-state index contributed by atoms with van der Waals surface area (Å²) in [5, 5.41) is 9.47. The summed E-state index contributed by atoms with van der Waals surface area (Å²) < 4.78 is 37.9. The van der Waals surface area contributed by atoms with Crippen molar-refractivity contribution >= 4 is 11.9 Å². The van der Waals surface area contributed by atoms with Gasteiger partial charge in [0.05, 0.1) is 11.6 Å². The third-order valence-corrected chi connectivity index (χ3v) is 4.08. The Bertz CT molecular complexity index is 583. The normalized spacial score (nSPS) is 22.3. The molecular weight excluding hydrogens is 311 g/mol. The number of Topliss-reactive ketones (excluding diaryl/α,β-unsaturated/α-hetero) is 1. The van der Waals surface area contributed by atoms with E-state index in [0.717, 1.165) is 18.6 Å². The van der Waals surface area contributed by atoms with Crippen LogP contribution in [-0.2, 0) is 11.0 Å². The van der Waals surface area contributed by atoms with Gasteiger partial charge in [0.25, 0.3) is 0 Å². The van der Waals surface area contributed by atoms with Crippen LogP contribution in [0.15, 0.2) is 24.3 Å². The molecule has 0 saturated carbocycles. The van der Waals surface area contributed by atoms with Crippen molar-refractivity contribution in [3.05, 3.63) is 35.4 Å². The SMILES string of the molecule is CCC[C@H]1CC(=O)C[C@H](c2ccc(C(F)(F)F)cc2)N1C(=O)O. The van der Waals surface area contributed by atoms with Gasteiger partial charge in [-0.15, -0.1) is 0 Å². The fourth-order valence-electron chi connectivity index (χ4n) is 3.05. The third kappa shape index (κ3) is 3.83. The number of likely N-dealkylation sites (tertiary alicyclic amines) is 1. The zero-order valence-corrected chi connectivity index (χ0v) is 12.6. The van der Waals surface area contributed by atoms with Gasteiger partial charge in [0.2, 0.25) is 0 Å². The lowest BCUT2D eigenvalue weighted by Crippen LogP contribution is -2.47. The maximum absolute atomic E-state index is 12.6. The monoisotopic (exact) mass is 329 g/mol. The van der Waals surface area contributed by atoms with Gasteiger partial charge in [-0.2, -0.15) is 13.2 Å². The summed E-state index contributed by atoms with van der Waals surface area (Å²) in [6.45, 7) is 1.90. The molecule has 4 nitrogen and oxygen atoms in total. The quantitative estimate of drug-likeness (QED) is 0.901. The summed E-state index contributed by atoms with van der Waals surface area (Å²) in [5.74, 6) is -0.0640. The van der Waals surface area contributed by atoms with Crippen molar-refractivity contribution in [1.29, 1.82) is 0 Å². The summed E-state index contributed by atoms with van der Waals surface area (Å²) in [4.78, 5) is 24.7. The van der Waals surface area contributed by atoms with E-state index in [1.165, 1.54) is 17.0 Å². The van der Waals surface area contributed by atoms with Crippen LogP contribution in [0.4, 0.5) is 18.0 Å². The van der Waals surface area contributed by atoms with Gasteiger partial charge in [0.1, 0.15) is 5.78 Å². The van der Waals surface area contributed by atoms with Crippen molar-refractivity contribution in [2.24, 2.45) is 0 Å². The number of halogens is 3. The Balaban J connectivity index is 2.33. The highest BCUT2D eigenvalue weighted by Gasteiger charge is 2.38. The maximum Gasteiger partial charge on any atom is 0.416 e. The largest absolute Gasteiger partial charge is 0.465 e. The van der Waals surface area contributed by atoms with Gasteiger partial charge in [-0.1, -0.05) is 25.5 Å². The van der Waals surface area contributed by atoms with Crippen LogP contribution in [0.2, 0.25) is 0 Å². The molecular formula is C16H18F3NO3. The fraction of sp³-hybridized carbons (Fsp3) is 0.500. The van der Waals surface area contributed by atoms with E-state index in [0.29, 0.717) is 12.0 Å². The Labute approximate surface area is 131 Å². The van der Waals surface area contributed by atoms with Crippen molar-refractivity contribution in [3.63, 3.8) is 0 Å². The first-order chi connectivity index (χ1) is 10.7. The number of ketones is 1. The molecule has 1 aliphatic rings. The summed E-state index contributed by atoms with van der Waals surface area (Å²) in [5.41, 5.74) is -0.384. The molecule has 1 heterocycles. The van der Waals surface area contributed by atoms with Crippen molar-refractivity contribution in [2.75, 3.05) is 0 Å². The molecule has 23 heavy (non-hydrogen) atoms. The highest BCUT2D eigenvalue weighted by molar-refractivity contribution is 5.83. The van der Waals surface area contributed by atoms with E-state index in [4.69, 9.17) is 0 Å². The first-order valence-electron chi connectivity index (χ1n) is 7.44. The molecule has 1 fully saturated rings. The maximum atomic E-state index is 12.6. The van der Waals surface area contributed by atoms with E-state index < -0.39 is 29.9 Å². The Hall–Kier alpha value is -2.05. The van der Waals surface area contributed by atoms with E-state index in [1.54, 1.807) is 0 Å². The molecule has 7 heteroatoms. The molecule has 0 aromatic heterocycles. The number of carboxylic acid groups (broad SMARTS) is 1. The van der Waals surface area contributed by atoms with Crippen LogP contribution in [0.1, 0.15) is 49.8 Å². The summed E-state index contributed by atoms with van der Waals surface area (Å²) in [7, 11) is 0. The number of amides is 1. The predicted octanol–water partition coefficient (Wildman–Crippen LogP) is 4.26. The Kier molecular flexibility index (Phi) is 4.97. The Morgan fingerprint density at radius 2 is 1.87 bits per heavy atom. The second kappa shape index (κ2) is 6.60. The van der Waals surface area contributed by atoms with E-state index >= 15 is 0 Å². The van der Waals surface area contributed by atoms with Crippen LogP contribution in [0.5, 0.6) is 0 Å². The number of hydrogen-bond acceptors (Lipinski definition) is 2. The first-order valence-corrected chi connectivity index (χ1v) is 7.44. The van der Waals surface area contributed by atoms with Crippen LogP contribution >= 0.6 is 0 Å². The molecule has 1 amide bonds. The second-order valence-electron chi connectivity index (χ2n) is 5.71. The van der Waals surface area contributed by atoms with Gasteiger partial charge in [0, 0.05) is 18.9 Å². The zero-order chi connectivity index (χ0) is 17.2. The second-order valence-corrected chi connectivity index (χ2v) is 5.71. The highest BCUT2D eigenvalue weighted by Crippen LogP contribution is 2.36. The van der Waals surface area contributed by atoms with E-state index in [-0.39, 0.29) is 18.6 Å². The van der Waals surface area contributed by atoms with Crippen LogP contribution < -0.4 is 0 Å². The van der Waals surface area contributed by atoms with Crippen LogP contribution in [-0.4, -0.2) is 27.9 Å². The molecule has 2 atom stereocenters. The first kappa shape index (κ1) is 17.3. The van der Waals surface area contributed by atoms with Gasteiger partial charge < -0.3 is 5.11 Å². The number of carbonyl (C=O) groups excluding carboxylic acids is 1. The van der Waals surface area contributed by atoms with E-state index in [9.17, 15) is 27.9 Å². The van der Waals surface area contributed by atoms with Gasteiger partial charge in [-0.25, -0.2) is 4.79 Å². The molecule has 1 aliphatic heterocycles. The van der Waals surface area contributed by atoms with Crippen molar-refractivity contribution in [1.82, 2.24) is 4.90 Å². The molecule has 1 saturated heterocycles. The minimum absolute atomic E-state index is 0.00210. The third-order valence-electron chi connectivity index (χ3n) is 4.08. The smallest absolute Gasteiger partial charge is 0.416 e. The lowest BCUT2D eigenvalue weighted by Gasteiger charge is -2.40. The zero-order valence-electron chi connectivity index (χ0n) is 12.6. The van der Waals surface area contributed by atoms with Crippen LogP contribution in [0, 0.1) is 0 Å². The van der Waals surface area contributed by atoms with Crippen molar-refractivity contribution in [2.45, 2.75) is 50.9 Å². The summed E-state index contributed by atoms with van der Waals surface area (Å²) in [6, 6.07) is 3.20. The molecule has 1 aromatic carbocycles. The van der Waals surface area contributed by atoms with Crippen molar-refractivity contribution in [3.8, 4) is 0 Å². The molecule has 0 spiro atoms. The average Bonchev–Trinajstić information content (AvgIpc) is 2.45. The Morgan fingerprint density at radius 1 is 1.26 bits per heavy atom. The highest BCUT2D eigenvalue weighted by atomic mass is 19.4. The van der Waals surface area contributed by atoms with Gasteiger partial charge in [-0.3, -0.25) is 9.69 Å². The van der Waals surface area contributed by atoms with E-state index in [2.05, 4.69) is 0 Å². The van der Waals surface area contributed by atoms with Crippen molar-refractivity contribution < 1.29 is 27.9 Å². The lowest BCUT2D eigenvalue weighted by molar-refractivity contribution is -0.137. The fourth-order valence-corrected chi connectivity index (χ4v) is 3.05. The average molecular weight is 329 g/mol. The van der Waals surface area contributed by atoms with E-state index in [1.807, 2.05) is 6.92 Å². The number of benzene rings is 1. The molecule has 1 N–H and O–H groups in total. The Morgan fingerprint density at radius 3 is 2.35 bits per heavy atom. The van der Waals surface area contributed by atoms with Crippen LogP contribution in [0.3, 0.4) is 0 Å². The van der Waals surface area contributed by atoms with Crippen LogP contribution in [0.25, 0.3) is 0 Å². The molecule has 0 radical (unpaired) electrons. The summed E-state index contributed by atoms with van der Waals surface area (Å²) >= 11 is 0. The lowest BCUT2D eigenvalue weighted by atomic mass is 9.88. The number of rotatable bonds is 3. The van der Waals surface area contributed by atoms with Gasteiger partial charge in [-0.05, 0) is 24.1 Å². The van der Waals surface area contributed by atoms with Gasteiger partial charge in [0.15, 0.2) is 0 Å². The number of alkyl halides is 3. The molecule has 2 rings (SSSR count). The standard InChI is InChI=1S/C16H18F3NO3/c1-2-3-12-8-13(21)9-14(20(12)15(22)23)10-4-6-11(7-5-10)16(17,18)19/h4-7,12,14H,2-3,8-9H2,1H3,(H,22,23)/t12-,14+/m0/s1. The summed E-state index contributed by atoms with van der Waals surface area (Å²) in [6.07, 6.45) is -4.16. The van der Waals surface area contributed by atoms with Gasteiger partial charge >= 0.3 is 12.3 Å². The number of hydrogen-bond donors (Lipinski definition) is 1. The topological polar surface area (TPSA) is 57.6 Å².